The van der Waals surface area contributed by atoms with E-state index in [1.165, 1.54) is 44.7 Å². The quantitative estimate of drug-likeness (QED) is 0.361. The molecule has 0 N–H and O–H groups in total. The maximum absolute atomic E-state index is 13.4. The number of carbonyl (C=O) groups is 1. The molecule has 0 fully saturated rings. The molecular formula is C26H32FN3O5S. The molecule has 0 saturated heterocycles. The van der Waals surface area contributed by atoms with Crippen LogP contribution in [0.5, 0.6) is 5.75 Å². The van der Waals surface area contributed by atoms with Crippen molar-refractivity contribution in [2.45, 2.75) is 37.8 Å². The summed E-state index contributed by atoms with van der Waals surface area (Å²) in [4.78, 5) is 19.3. The highest BCUT2D eigenvalue weighted by atomic mass is 32.2. The van der Waals surface area contributed by atoms with Crippen LogP contribution in [0.25, 0.3) is 0 Å². The average molecular weight is 518 g/mol. The molecule has 194 valence electrons. The van der Waals surface area contributed by atoms with Gasteiger partial charge in [-0.25, -0.2) is 17.8 Å². The van der Waals surface area contributed by atoms with Crippen molar-refractivity contribution in [1.82, 2.24) is 14.5 Å². The minimum Gasteiger partial charge on any atom is -0.497 e. The summed E-state index contributed by atoms with van der Waals surface area (Å²) in [5.41, 5.74) is 1.50. The Labute approximate surface area is 211 Å². The van der Waals surface area contributed by atoms with Crippen LogP contribution in [0.3, 0.4) is 0 Å². The number of rotatable bonds is 12. The number of nitrogens with zero attached hydrogens (tertiary/aromatic N) is 3. The molecule has 10 heteroatoms. The van der Waals surface area contributed by atoms with Crippen molar-refractivity contribution in [1.29, 1.82) is 0 Å². The Balaban J connectivity index is 1.95. The third kappa shape index (κ3) is 6.92. The van der Waals surface area contributed by atoms with Gasteiger partial charge in [0.15, 0.2) is 0 Å². The lowest BCUT2D eigenvalue weighted by atomic mass is 10.1. The fourth-order valence-electron chi connectivity index (χ4n) is 3.85. The number of imidazole rings is 1. The molecule has 3 aromatic rings. The molecule has 0 aliphatic carbocycles. The molecule has 36 heavy (non-hydrogen) atoms. The van der Waals surface area contributed by atoms with Crippen LogP contribution >= 0.6 is 0 Å². The molecule has 2 aromatic carbocycles. The molecule has 0 unspecified atom stereocenters. The standard InChI is InChI=1S/C26H32FN3O5S/c1-19(2)16-29(25(31)21-6-5-7-24(14-21)35-4)17-23-15-28-26(30(23)12-13-34-3)36(32,33)18-20-8-10-22(27)11-9-20/h5-11,14-15,19H,12-13,16-18H2,1-4H3. The number of carbonyl (C=O) groups excluding carboxylic acids is 1. The lowest BCUT2D eigenvalue weighted by Crippen LogP contribution is -2.34. The van der Waals surface area contributed by atoms with E-state index in [1.807, 2.05) is 13.8 Å². The summed E-state index contributed by atoms with van der Waals surface area (Å²) in [5.74, 6) is -0.208. The van der Waals surface area contributed by atoms with Gasteiger partial charge in [-0.3, -0.25) is 4.79 Å². The summed E-state index contributed by atoms with van der Waals surface area (Å²) in [6.07, 6.45) is 1.49. The average Bonchev–Trinajstić information content (AvgIpc) is 3.26. The van der Waals surface area contributed by atoms with Crippen LogP contribution in [0.1, 0.15) is 35.5 Å². The van der Waals surface area contributed by atoms with Crippen molar-refractivity contribution >= 4 is 15.7 Å². The number of benzene rings is 2. The van der Waals surface area contributed by atoms with Crippen molar-refractivity contribution in [3.8, 4) is 5.75 Å². The topological polar surface area (TPSA) is 90.7 Å². The van der Waals surface area contributed by atoms with Gasteiger partial charge < -0.3 is 18.9 Å². The summed E-state index contributed by atoms with van der Waals surface area (Å²) < 4.78 is 51.8. The highest BCUT2D eigenvalue weighted by Gasteiger charge is 2.26. The van der Waals surface area contributed by atoms with Gasteiger partial charge in [-0.05, 0) is 41.8 Å². The highest BCUT2D eigenvalue weighted by Crippen LogP contribution is 2.21. The van der Waals surface area contributed by atoms with Gasteiger partial charge in [-0.2, -0.15) is 0 Å². The first-order valence-corrected chi connectivity index (χ1v) is 13.2. The summed E-state index contributed by atoms with van der Waals surface area (Å²) in [6, 6.07) is 12.2. The molecule has 8 nitrogen and oxygen atoms in total. The summed E-state index contributed by atoms with van der Waals surface area (Å²) >= 11 is 0. The Morgan fingerprint density at radius 3 is 2.50 bits per heavy atom. The molecule has 0 spiro atoms. The maximum Gasteiger partial charge on any atom is 0.254 e. The fourth-order valence-corrected chi connectivity index (χ4v) is 5.37. The van der Waals surface area contributed by atoms with E-state index in [9.17, 15) is 17.6 Å². The normalized spacial score (nSPS) is 11.6. The molecule has 0 atom stereocenters. The second kappa shape index (κ2) is 12.1. The number of sulfone groups is 1. The fraction of sp³-hybridized carbons (Fsp3) is 0.385. The Morgan fingerprint density at radius 1 is 1.14 bits per heavy atom. The number of aromatic nitrogens is 2. The molecule has 1 amide bonds. The first kappa shape index (κ1) is 27.3. The summed E-state index contributed by atoms with van der Waals surface area (Å²) in [7, 11) is -0.785. The van der Waals surface area contributed by atoms with Gasteiger partial charge in [-0.1, -0.05) is 32.0 Å². The van der Waals surface area contributed by atoms with Crippen LogP contribution in [-0.2, 0) is 33.4 Å². The number of halogens is 1. The maximum atomic E-state index is 13.4. The SMILES string of the molecule is COCCn1c(CN(CC(C)C)C(=O)c2cccc(OC)c2)cnc1S(=O)(=O)Cc1ccc(F)cc1. The molecule has 0 radical (unpaired) electrons. The summed E-state index contributed by atoms with van der Waals surface area (Å²) in [6.45, 7) is 5.14. The van der Waals surface area contributed by atoms with Crippen LogP contribution in [0.2, 0.25) is 0 Å². The van der Waals surface area contributed by atoms with Crippen molar-refractivity contribution in [2.24, 2.45) is 5.92 Å². The molecule has 0 aliphatic rings. The van der Waals surface area contributed by atoms with Crippen LogP contribution in [0.15, 0.2) is 59.9 Å². The van der Waals surface area contributed by atoms with Gasteiger partial charge in [0.05, 0.1) is 37.9 Å². The predicted octanol–water partition coefficient (Wildman–Crippen LogP) is 3.95. The van der Waals surface area contributed by atoms with Crippen molar-refractivity contribution in [3.63, 3.8) is 0 Å². The number of hydrogen-bond donors (Lipinski definition) is 0. The van der Waals surface area contributed by atoms with Crippen LogP contribution in [0, 0.1) is 11.7 Å². The Hall–Kier alpha value is -3.24. The second-order valence-electron chi connectivity index (χ2n) is 8.87. The van der Waals surface area contributed by atoms with E-state index in [1.54, 1.807) is 33.7 Å². The van der Waals surface area contributed by atoms with Crippen molar-refractivity contribution < 1.29 is 27.1 Å². The Kier molecular flexibility index (Phi) is 9.22. The smallest absolute Gasteiger partial charge is 0.254 e. The monoisotopic (exact) mass is 517 g/mol. The van der Waals surface area contributed by atoms with Gasteiger partial charge in [-0.15, -0.1) is 0 Å². The molecule has 3 rings (SSSR count). The molecule has 0 aliphatic heterocycles. The van der Waals surface area contributed by atoms with Gasteiger partial charge in [0.2, 0.25) is 15.0 Å². The van der Waals surface area contributed by atoms with E-state index in [2.05, 4.69) is 4.98 Å². The zero-order valence-electron chi connectivity index (χ0n) is 21.0. The molecular weight excluding hydrogens is 485 g/mol. The first-order chi connectivity index (χ1) is 17.1. The molecule has 0 saturated carbocycles. The largest absolute Gasteiger partial charge is 0.497 e. The van der Waals surface area contributed by atoms with Crippen molar-refractivity contribution in [3.05, 3.63) is 77.4 Å². The molecule has 1 aromatic heterocycles. The van der Waals surface area contributed by atoms with E-state index in [0.717, 1.165) is 0 Å². The lowest BCUT2D eigenvalue weighted by Gasteiger charge is -2.25. The third-order valence-corrected chi connectivity index (χ3v) is 7.11. The number of ether oxygens (including phenoxy) is 2. The zero-order valence-corrected chi connectivity index (χ0v) is 21.8. The number of amides is 1. The van der Waals surface area contributed by atoms with Crippen LogP contribution in [-0.4, -0.2) is 56.1 Å². The van der Waals surface area contributed by atoms with Gasteiger partial charge in [0.25, 0.3) is 5.91 Å². The first-order valence-electron chi connectivity index (χ1n) is 11.6. The van der Waals surface area contributed by atoms with E-state index in [0.29, 0.717) is 29.1 Å². The van der Waals surface area contributed by atoms with E-state index < -0.39 is 15.7 Å². The summed E-state index contributed by atoms with van der Waals surface area (Å²) in [5, 5.41) is -0.114. The number of hydrogen-bond acceptors (Lipinski definition) is 6. The van der Waals surface area contributed by atoms with E-state index >= 15 is 0 Å². The Morgan fingerprint density at radius 2 is 1.86 bits per heavy atom. The highest BCUT2D eigenvalue weighted by molar-refractivity contribution is 7.90. The number of methoxy groups -OCH3 is 2. The minimum atomic E-state index is -3.85. The van der Waals surface area contributed by atoms with Crippen LogP contribution < -0.4 is 4.74 Å². The van der Waals surface area contributed by atoms with Gasteiger partial charge in [0, 0.05) is 25.8 Å². The van der Waals surface area contributed by atoms with E-state index in [-0.39, 0.29) is 42.4 Å². The van der Waals surface area contributed by atoms with E-state index in [4.69, 9.17) is 9.47 Å². The molecule has 1 heterocycles. The second-order valence-corrected chi connectivity index (χ2v) is 10.8. The Bertz CT molecular complexity index is 1270. The lowest BCUT2D eigenvalue weighted by molar-refractivity contribution is 0.0716. The predicted molar refractivity (Wildman–Crippen MR) is 134 cm³/mol. The third-order valence-electron chi connectivity index (χ3n) is 5.51. The zero-order chi connectivity index (χ0) is 26.3. The van der Waals surface area contributed by atoms with Gasteiger partial charge in [0.1, 0.15) is 11.6 Å². The van der Waals surface area contributed by atoms with Crippen LogP contribution in [0.4, 0.5) is 4.39 Å². The van der Waals surface area contributed by atoms with Gasteiger partial charge >= 0.3 is 0 Å². The minimum absolute atomic E-state index is 0.114. The van der Waals surface area contributed by atoms with Crippen molar-refractivity contribution in [2.75, 3.05) is 27.4 Å². The molecule has 0 bridgehead atoms.